The highest BCUT2D eigenvalue weighted by molar-refractivity contribution is 6.21. The zero-order valence-corrected chi connectivity index (χ0v) is 21.6. The molecule has 41 heavy (non-hydrogen) atoms. The van der Waals surface area contributed by atoms with Crippen LogP contribution in [0.4, 0.5) is 0 Å². The Labute approximate surface area is 256 Å². The first-order valence-electron chi connectivity index (χ1n) is 19.2. The Morgan fingerprint density at radius 3 is 2.07 bits per heavy atom. The van der Waals surface area contributed by atoms with Crippen molar-refractivity contribution in [1.29, 1.82) is 0 Å². The van der Waals surface area contributed by atoms with Gasteiger partial charge in [0.2, 0.25) is 0 Å². The summed E-state index contributed by atoms with van der Waals surface area (Å²) >= 11 is 0. The van der Waals surface area contributed by atoms with Crippen molar-refractivity contribution < 1.29 is 16.4 Å². The molecular formula is C39H28N2. The standard InChI is InChI=1S/C39H28N2/c1-2-37-40-35-20-9-10-21-36(35)41(37)30-15-11-14-28(25-30)38-31-16-5-7-18-33(31)39(34-19-8-6-17-32(34)38)29-23-22-26-12-3-4-13-27(26)24-29/h3-25H,2H2,1H3/i1D3,2D2,3D,4D,12D,13D,22D,23D,24D. The minimum absolute atomic E-state index is 0.0710. The third kappa shape index (κ3) is 3.76. The highest BCUT2D eigenvalue weighted by atomic mass is 15.1. The van der Waals surface area contributed by atoms with Crippen LogP contribution in [0.15, 0.2) is 139 Å². The summed E-state index contributed by atoms with van der Waals surface area (Å²) in [7, 11) is 0. The summed E-state index contributed by atoms with van der Waals surface area (Å²) in [6.45, 7) is -3.00. The van der Waals surface area contributed by atoms with E-state index in [-0.39, 0.29) is 34.2 Å². The molecule has 7 aromatic carbocycles. The van der Waals surface area contributed by atoms with Crippen LogP contribution in [0.3, 0.4) is 0 Å². The van der Waals surface area contributed by atoms with Gasteiger partial charge in [-0.15, -0.1) is 0 Å². The molecule has 0 saturated carbocycles. The molecule has 0 aliphatic rings. The lowest BCUT2D eigenvalue weighted by molar-refractivity contribution is 0.908. The lowest BCUT2D eigenvalue weighted by Gasteiger charge is -2.19. The molecule has 0 aliphatic heterocycles. The van der Waals surface area contributed by atoms with Crippen molar-refractivity contribution in [2.45, 2.75) is 13.2 Å². The van der Waals surface area contributed by atoms with E-state index in [1.54, 1.807) is 36.4 Å². The zero-order chi connectivity index (χ0) is 37.7. The maximum absolute atomic E-state index is 9.35. The molecule has 0 atom stereocenters. The lowest BCUT2D eigenvalue weighted by Crippen LogP contribution is -2.00. The first-order valence-corrected chi connectivity index (χ1v) is 13.2. The number of imidazole rings is 1. The number of hydrogen-bond acceptors (Lipinski definition) is 1. The second-order valence-corrected chi connectivity index (χ2v) is 9.78. The maximum Gasteiger partial charge on any atom is 0.114 e. The average molecular weight is 537 g/mol. The molecule has 0 spiro atoms. The third-order valence-electron chi connectivity index (χ3n) is 7.50. The van der Waals surface area contributed by atoms with Crippen molar-refractivity contribution in [3.63, 3.8) is 0 Å². The number of aryl methyl sites for hydroxylation is 1. The van der Waals surface area contributed by atoms with Crippen LogP contribution in [0.5, 0.6) is 0 Å². The molecular weight excluding hydrogens is 496 g/mol. The fourth-order valence-electron chi connectivity index (χ4n) is 5.79. The summed E-state index contributed by atoms with van der Waals surface area (Å²) in [5, 5.41) is 2.43. The summed E-state index contributed by atoms with van der Waals surface area (Å²) in [6.07, 6.45) is -2.79. The van der Waals surface area contributed by atoms with Gasteiger partial charge in [0.05, 0.1) is 20.6 Å². The van der Waals surface area contributed by atoms with E-state index in [1.165, 1.54) is 4.57 Å². The van der Waals surface area contributed by atoms with Gasteiger partial charge in [-0.25, -0.2) is 4.98 Å². The topological polar surface area (TPSA) is 17.8 Å². The molecule has 0 aliphatic carbocycles. The van der Waals surface area contributed by atoms with Crippen molar-refractivity contribution in [3.05, 3.63) is 145 Å². The van der Waals surface area contributed by atoms with E-state index in [0.29, 0.717) is 38.6 Å². The van der Waals surface area contributed by atoms with Crippen molar-refractivity contribution in [2.75, 3.05) is 0 Å². The molecule has 0 amide bonds. The van der Waals surface area contributed by atoms with Crippen LogP contribution in [-0.4, -0.2) is 9.55 Å². The first-order chi connectivity index (χ1) is 25.1. The van der Waals surface area contributed by atoms with E-state index in [4.69, 9.17) is 15.1 Å². The molecule has 0 saturated heterocycles. The van der Waals surface area contributed by atoms with Crippen LogP contribution < -0.4 is 0 Å². The average Bonchev–Trinajstić information content (AvgIpc) is 3.54. The molecule has 2 nitrogen and oxygen atoms in total. The molecule has 0 unspecified atom stereocenters. The Morgan fingerprint density at radius 2 is 1.34 bits per heavy atom. The minimum atomic E-state index is -3.00. The van der Waals surface area contributed by atoms with Gasteiger partial charge in [0.25, 0.3) is 0 Å². The highest BCUT2D eigenvalue weighted by Crippen LogP contribution is 2.44. The van der Waals surface area contributed by atoms with Crippen molar-refractivity contribution in [2.24, 2.45) is 0 Å². The van der Waals surface area contributed by atoms with Gasteiger partial charge in [0.15, 0.2) is 0 Å². The van der Waals surface area contributed by atoms with Gasteiger partial charge in [-0.05, 0) is 84.9 Å². The summed E-state index contributed by atoms with van der Waals surface area (Å²) in [4.78, 5) is 4.47. The van der Waals surface area contributed by atoms with Gasteiger partial charge in [-0.2, -0.15) is 0 Å². The van der Waals surface area contributed by atoms with Gasteiger partial charge in [0, 0.05) is 18.9 Å². The number of nitrogens with zero attached hydrogens (tertiary/aromatic N) is 2. The molecule has 0 N–H and O–H groups in total. The zero-order valence-electron chi connectivity index (χ0n) is 33.6. The van der Waals surface area contributed by atoms with Gasteiger partial charge in [0.1, 0.15) is 5.82 Å². The Bertz CT molecular complexity index is 2780. The number of fused-ring (bicyclic) bond motifs is 4. The maximum atomic E-state index is 9.35. The summed E-state index contributed by atoms with van der Waals surface area (Å²) in [6, 6.07) is 26.2. The number of para-hydroxylation sites is 2. The molecule has 8 aromatic rings. The quantitative estimate of drug-likeness (QED) is 0.205. The lowest BCUT2D eigenvalue weighted by atomic mass is 9.85. The molecule has 194 valence electrons. The van der Waals surface area contributed by atoms with Gasteiger partial charge >= 0.3 is 0 Å². The van der Waals surface area contributed by atoms with Gasteiger partial charge in [-0.3, -0.25) is 4.57 Å². The summed E-state index contributed by atoms with van der Waals surface area (Å²) in [5.41, 5.74) is 3.49. The van der Waals surface area contributed by atoms with Crippen LogP contribution in [0.1, 0.15) is 29.1 Å². The van der Waals surface area contributed by atoms with E-state index in [0.717, 1.165) is 16.3 Å². The van der Waals surface area contributed by atoms with Gasteiger partial charge in [-0.1, -0.05) is 116 Å². The van der Waals surface area contributed by atoms with E-state index < -0.39 is 43.4 Å². The number of benzene rings is 7. The fourth-order valence-corrected chi connectivity index (χ4v) is 5.79. The van der Waals surface area contributed by atoms with Crippen LogP contribution in [0, 0.1) is 0 Å². The van der Waals surface area contributed by atoms with Crippen LogP contribution in [0.2, 0.25) is 0 Å². The molecule has 1 heterocycles. The SMILES string of the molecule is [2H]c1c([2H])c([2H])c2c([2H])c(-c3c4ccccc4c(-c4cccc(-n5c(C([2H])([2H])C([2H])([2H])[2H])nc6ccccc65)c4)c4ccccc34)c([2H])c([2H])c2c1[2H]. The predicted octanol–water partition coefficient (Wildman–Crippen LogP) is 10.4. The van der Waals surface area contributed by atoms with Crippen molar-refractivity contribution in [1.82, 2.24) is 9.55 Å². The van der Waals surface area contributed by atoms with Crippen LogP contribution in [-0.2, 0) is 6.37 Å². The van der Waals surface area contributed by atoms with Crippen LogP contribution >= 0.6 is 0 Å². The smallest absolute Gasteiger partial charge is 0.114 e. The van der Waals surface area contributed by atoms with Gasteiger partial charge < -0.3 is 0 Å². The molecule has 0 bridgehead atoms. The Kier molecular flexibility index (Phi) is 3.33. The molecule has 1 aromatic heterocycles. The third-order valence-corrected chi connectivity index (χ3v) is 7.50. The first kappa shape index (κ1) is 14.4. The van der Waals surface area contributed by atoms with E-state index >= 15 is 0 Å². The number of hydrogen-bond donors (Lipinski definition) is 0. The van der Waals surface area contributed by atoms with Crippen LogP contribution in [0.25, 0.3) is 71.3 Å². The van der Waals surface area contributed by atoms with Crippen molar-refractivity contribution in [3.8, 4) is 27.9 Å². The van der Waals surface area contributed by atoms with E-state index in [2.05, 4.69) is 4.98 Å². The monoisotopic (exact) mass is 536 g/mol. The second-order valence-electron chi connectivity index (χ2n) is 9.78. The fraction of sp³-hybridized carbons (Fsp3) is 0.0513. The summed E-state index contributed by atoms with van der Waals surface area (Å²) in [5.74, 6) is -0.257. The van der Waals surface area contributed by atoms with Crippen molar-refractivity contribution >= 4 is 43.4 Å². The Balaban J connectivity index is 1.46. The molecule has 2 heteroatoms. The molecule has 0 radical (unpaired) electrons. The predicted molar refractivity (Wildman–Crippen MR) is 174 cm³/mol. The Hall–Kier alpha value is -5.21. The minimum Gasteiger partial charge on any atom is -0.296 e. The summed E-state index contributed by atoms with van der Waals surface area (Å²) < 4.78 is 104. The highest BCUT2D eigenvalue weighted by Gasteiger charge is 2.18. The van der Waals surface area contributed by atoms with E-state index in [9.17, 15) is 1.37 Å². The number of rotatable bonds is 4. The molecule has 8 rings (SSSR count). The molecule has 0 fully saturated rings. The number of aromatic nitrogens is 2. The normalized spacial score (nSPS) is 16.5. The largest absolute Gasteiger partial charge is 0.296 e. The second kappa shape index (κ2) is 9.46. The Morgan fingerprint density at radius 1 is 0.683 bits per heavy atom. The van der Waals surface area contributed by atoms with E-state index in [1.807, 2.05) is 60.7 Å².